The summed E-state index contributed by atoms with van der Waals surface area (Å²) in [5.41, 5.74) is 7.82. The number of rotatable bonds is 6. The normalized spacial score (nSPS) is 10.2. The van der Waals surface area contributed by atoms with Gasteiger partial charge in [0.15, 0.2) is 0 Å². The van der Waals surface area contributed by atoms with Crippen LogP contribution in [0.5, 0.6) is 0 Å². The molecule has 1 amide bonds. The first-order valence-electron chi connectivity index (χ1n) is 5.28. The Morgan fingerprint density at radius 3 is 2.82 bits per heavy atom. The molecule has 0 saturated carbocycles. The van der Waals surface area contributed by atoms with Crippen LogP contribution in [0.25, 0.3) is 0 Å². The van der Waals surface area contributed by atoms with Crippen LogP contribution in [0.15, 0.2) is 18.2 Å². The minimum atomic E-state index is -0.153. The van der Waals surface area contributed by atoms with Crippen molar-refractivity contribution in [3.63, 3.8) is 0 Å². The highest BCUT2D eigenvalue weighted by molar-refractivity contribution is 7.79. The highest BCUT2D eigenvalue weighted by atomic mass is 32.1. The number of anilines is 1. The first kappa shape index (κ1) is 13.8. The molecule has 1 aromatic carbocycles. The molecule has 0 aliphatic rings. The zero-order valence-electron chi connectivity index (χ0n) is 9.48. The van der Waals surface area contributed by atoms with E-state index in [9.17, 15) is 4.79 Å². The summed E-state index contributed by atoms with van der Waals surface area (Å²) in [6.07, 6.45) is 0.673. The highest BCUT2D eigenvalue weighted by Gasteiger charge is 2.06. The Morgan fingerprint density at radius 2 is 2.24 bits per heavy atom. The molecule has 17 heavy (non-hydrogen) atoms. The molecule has 0 aromatic heterocycles. The van der Waals surface area contributed by atoms with E-state index in [1.54, 1.807) is 18.2 Å². The summed E-state index contributed by atoms with van der Waals surface area (Å²) in [6.45, 7) is 0.936. The monoisotopic (exact) mass is 255 g/mol. The van der Waals surface area contributed by atoms with E-state index in [1.165, 1.54) is 0 Å². The highest BCUT2D eigenvalue weighted by Crippen LogP contribution is 2.16. The molecule has 0 unspecified atom stereocenters. The van der Waals surface area contributed by atoms with E-state index in [0.29, 0.717) is 36.6 Å². The molecule has 6 heteroatoms. The molecule has 0 heterocycles. The SMILES string of the molecule is NOCCCNC(=O)c1ccc(CS)c(N)c1. The molecule has 0 aliphatic carbocycles. The zero-order valence-corrected chi connectivity index (χ0v) is 10.4. The first-order valence-corrected chi connectivity index (χ1v) is 5.91. The van der Waals surface area contributed by atoms with Crippen molar-refractivity contribution in [1.82, 2.24) is 5.32 Å². The standard InChI is InChI=1S/C11H17N3O2S/c12-10-6-8(2-3-9(10)7-17)11(15)14-4-1-5-16-13/h2-3,6,17H,1,4-5,7,12-13H2,(H,14,15). The van der Waals surface area contributed by atoms with E-state index in [0.717, 1.165) is 5.56 Å². The van der Waals surface area contributed by atoms with Gasteiger partial charge in [0.25, 0.3) is 5.91 Å². The summed E-state index contributed by atoms with van der Waals surface area (Å²) < 4.78 is 0. The van der Waals surface area contributed by atoms with Gasteiger partial charge < -0.3 is 15.9 Å². The maximum absolute atomic E-state index is 11.7. The Labute approximate surface area is 106 Å². The van der Waals surface area contributed by atoms with Gasteiger partial charge in [-0.15, -0.1) is 0 Å². The Hall–Kier alpha value is -1.24. The van der Waals surface area contributed by atoms with Gasteiger partial charge in [-0.05, 0) is 24.1 Å². The summed E-state index contributed by atoms with van der Waals surface area (Å²) in [5, 5.41) is 2.75. The number of nitrogen functional groups attached to an aromatic ring is 1. The second-order valence-corrected chi connectivity index (χ2v) is 3.87. The molecule has 0 atom stereocenters. The van der Waals surface area contributed by atoms with Crippen molar-refractivity contribution >= 4 is 24.2 Å². The van der Waals surface area contributed by atoms with Crippen molar-refractivity contribution in [3.8, 4) is 0 Å². The largest absolute Gasteiger partial charge is 0.398 e. The minimum Gasteiger partial charge on any atom is -0.398 e. The Kier molecular flexibility index (Phi) is 5.82. The van der Waals surface area contributed by atoms with E-state index in [-0.39, 0.29) is 5.91 Å². The van der Waals surface area contributed by atoms with Gasteiger partial charge in [-0.2, -0.15) is 12.6 Å². The third-order valence-electron chi connectivity index (χ3n) is 2.30. The van der Waals surface area contributed by atoms with Crippen molar-refractivity contribution in [2.75, 3.05) is 18.9 Å². The Morgan fingerprint density at radius 1 is 1.47 bits per heavy atom. The van der Waals surface area contributed by atoms with Gasteiger partial charge in [0.05, 0.1) is 6.61 Å². The van der Waals surface area contributed by atoms with E-state index in [1.807, 2.05) is 0 Å². The van der Waals surface area contributed by atoms with Crippen LogP contribution < -0.4 is 16.9 Å². The zero-order chi connectivity index (χ0) is 12.7. The van der Waals surface area contributed by atoms with Crippen molar-refractivity contribution in [2.45, 2.75) is 12.2 Å². The second kappa shape index (κ2) is 7.16. The number of benzene rings is 1. The topological polar surface area (TPSA) is 90.4 Å². The minimum absolute atomic E-state index is 0.153. The van der Waals surface area contributed by atoms with Crippen LogP contribution in [-0.4, -0.2) is 19.1 Å². The number of hydrogen-bond donors (Lipinski definition) is 4. The van der Waals surface area contributed by atoms with Crippen LogP contribution >= 0.6 is 12.6 Å². The van der Waals surface area contributed by atoms with Gasteiger partial charge in [0.2, 0.25) is 0 Å². The van der Waals surface area contributed by atoms with Crippen LogP contribution in [0.4, 0.5) is 5.69 Å². The van der Waals surface area contributed by atoms with Crippen molar-refractivity contribution in [3.05, 3.63) is 29.3 Å². The average Bonchev–Trinajstić information content (AvgIpc) is 2.34. The summed E-state index contributed by atoms with van der Waals surface area (Å²) in [7, 11) is 0. The summed E-state index contributed by atoms with van der Waals surface area (Å²) in [6, 6.07) is 5.19. The maximum Gasteiger partial charge on any atom is 0.251 e. The van der Waals surface area contributed by atoms with Crippen LogP contribution in [0.1, 0.15) is 22.3 Å². The predicted molar refractivity (Wildman–Crippen MR) is 70.6 cm³/mol. The summed E-state index contributed by atoms with van der Waals surface area (Å²) in [4.78, 5) is 16.1. The molecule has 0 aliphatic heterocycles. The van der Waals surface area contributed by atoms with Crippen LogP contribution in [0.3, 0.4) is 0 Å². The molecular weight excluding hydrogens is 238 g/mol. The number of nitrogens with one attached hydrogen (secondary N) is 1. The smallest absolute Gasteiger partial charge is 0.251 e. The molecule has 5 nitrogen and oxygen atoms in total. The lowest BCUT2D eigenvalue weighted by molar-refractivity contribution is 0.0941. The quantitative estimate of drug-likeness (QED) is 0.261. The molecule has 0 spiro atoms. The van der Waals surface area contributed by atoms with E-state index in [4.69, 9.17) is 11.6 Å². The first-order chi connectivity index (χ1) is 8.19. The van der Waals surface area contributed by atoms with Crippen LogP contribution in [0, 0.1) is 0 Å². The van der Waals surface area contributed by atoms with Gasteiger partial charge in [0, 0.05) is 23.5 Å². The Bertz CT molecular complexity index is 385. The molecule has 0 radical (unpaired) electrons. The van der Waals surface area contributed by atoms with Gasteiger partial charge >= 0.3 is 0 Å². The maximum atomic E-state index is 11.7. The number of carbonyl (C=O) groups excluding carboxylic acids is 1. The van der Waals surface area contributed by atoms with Crippen molar-refractivity contribution in [2.24, 2.45) is 5.90 Å². The number of carbonyl (C=O) groups is 1. The predicted octanol–water partition coefficient (Wildman–Crippen LogP) is 0.709. The van der Waals surface area contributed by atoms with E-state index < -0.39 is 0 Å². The lowest BCUT2D eigenvalue weighted by Gasteiger charge is -2.07. The molecule has 0 fully saturated rings. The number of amides is 1. The molecule has 0 saturated heterocycles. The molecule has 0 bridgehead atoms. The van der Waals surface area contributed by atoms with E-state index >= 15 is 0 Å². The molecule has 1 aromatic rings. The van der Waals surface area contributed by atoms with Gasteiger partial charge in [0.1, 0.15) is 0 Å². The summed E-state index contributed by atoms with van der Waals surface area (Å²) in [5.74, 6) is 5.28. The van der Waals surface area contributed by atoms with Gasteiger partial charge in [-0.3, -0.25) is 4.79 Å². The number of nitrogens with two attached hydrogens (primary N) is 2. The van der Waals surface area contributed by atoms with Crippen LogP contribution in [0.2, 0.25) is 0 Å². The Balaban J connectivity index is 2.54. The molecule has 94 valence electrons. The lowest BCUT2D eigenvalue weighted by Crippen LogP contribution is -2.25. The molecule has 1 rings (SSSR count). The number of hydrogen-bond acceptors (Lipinski definition) is 5. The lowest BCUT2D eigenvalue weighted by atomic mass is 10.1. The fraction of sp³-hybridized carbons (Fsp3) is 0.364. The molecule has 5 N–H and O–H groups in total. The molecular formula is C11H17N3O2S. The fourth-order valence-electron chi connectivity index (χ4n) is 1.34. The van der Waals surface area contributed by atoms with Crippen molar-refractivity contribution in [1.29, 1.82) is 0 Å². The van der Waals surface area contributed by atoms with Gasteiger partial charge in [-0.1, -0.05) is 6.07 Å². The average molecular weight is 255 g/mol. The second-order valence-electron chi connectivity index (χ2n) is 3.55. The third kappa shape index (κ3) is 4.26. The van der Waals surface area contributed by atoms with Crippen LogP contribution in [-0.2, 0) is 10.6 Å². The number of thiol groups is 1. The van der Waals surface area contributed by atoms with E-state index in [2.05, 4.69) is 22.8 Å². The fourth-order valence-corrected chi connectivity index (χ4v) is 1.63. The summed E-state index contributed by atoms with van der Waals surface area (Å²) >= 11 is 4.14. The van der Waals surface area contributed by atoms with Gasteiger partial charge in [-0.25, -0.2) is 5.90 Å². The third-order valence-corrected chi connectivity index (χ3v) is 2.64. The van der Waals surface area contributed by atoms with Crippen molar-refractivity contribution < 1.29 is 9.63 Å².